The summed E-state index contributed by atoms with van der Waals surface area (Å²) in [6.45, 7) is 11.1. The molecular weight excluding hydrogens is 304 g/mol. The van der Waals surface area contributed by atoms with Crippen LogP contribution in [0.1, 0.15) is 48.4 Å². The van der Waals surface area contributed by atoms with Gasteiger partial charge < -0.3 is 14.1 Å². The van der Waals surface area contributed by atoms with Crippen molar-refractivity contribution in [2.24, 2.45) is 5.16 Å². The van der Waals surface area contributed by atoms with Gasteiger partial charge in [0.05, 0.1) is 18.0 Å². The molecule has 1 aromatic heterocycles. The number of oxime groups is 1. The lowest BCUT2D eigenvalue weighted by molar-refractivity contribution is 0.159. The Bertz CT molecular complexity index is 681. The van der Waals surface area contributed by atoms with Crippen LogP contribution < -0.4 is 4.74 Å². The van der Waals surface area contributed by atoms with Gasteiger partial charge in [-0.05, 0) is 69.9 Å². The van der Waals surface area contributed by atoms with Crippen LogP contribution in [-0.2, 0) is 11.3 Å². The molecule has 0 bridgehead atoms. The van der Waals surface area contributed by atoms with Crippen LogP contribution in [0.25, 0.3) is 0 Å². The van der Waals surface area contributed by atoms with E-state index in [4.69, 9.17) is 14.1 Å². The summed E-state index contributed by atoms with van der Waals surface area (Å²) >= 11 is 0. The molecule has 24 heavy (non-hydrogen) atoms. The van der Waals surface area contributed by atoms with Crippen molar-refractivity contribution in [1.82, 2.24) is 5.16 Å². The number of aromatic nitrogens is 1. The summed E-state index contributed by atoms with van der Waals surface area (Å²) in [5, 5.41) is 7.99. The first-order chi connectivity index (χ1) is 11.5. The number of nitrogens with zero attached hydrogens (tertiary/aromatic N) is 2. The van der Waals surface area contributed by atoms with Gasteiger partial charge in [0.15, 0.2) is 0 Å². The second kappa shape index (κ2) is 8.52. The van der Waals surface area contributed by atoms with E-state index in [1.807, 2.05) is 26.8 Å². The Morgan fingerprint density at radius 3 is 2.46 bits per heavy atom. The highest BCUT2D eigenvalue weighted by Gasteiger charge is 2.09. The molecule has 2 rings (SSSR count). The van der Waals surface area contributed by atoms with Gasteiger partial charge in [0, 0.05) is 12.5 Å². The van der Waals surface area contributed by atoms with Crippen LogP contribution in [0.5, 0.6) is 5.75 Å². The Kier molecular flexibility index (Phi) is 6.41. The maximum atomic E-state index is 5.98. The summed E-state index contributed by atoms with van der Waals surface area (Å²) in [4.78, 5) is 5.13. The van der Waals surface area contributed by atoms with E-state index >= 15 is 0 Å². The zero-order valence-electron chi connectivity index (χ0n) is 15.2. The smallest absolute Gasteiger partial charge is 0.137 e. The molecule has 1 heterocycles. The van der Waals surface area contributed by atoms with E-state index in [-0.39, 0.29) is 0 Å². The van der Waals surface area contributed by atoms with Crippen LogP contribution in [0.3, 0.4) is 0 Å². The number of benzene rings is 1. The maximum absolute atomic E-state index is 5.98. The molecule has 2 aromatic rings. The highest BCUT2D eigenvalue weighted by Crippen LogP contribution is 2.25. The largest absolute Gasteiger partial charge is 0.493 e. The summed E-state index contributed by atoms with van der Waals surface area (Å²) < 4.78 is 11.2. The standard InChI is InChI=1S/C19H26N2O3/c1-6-23-21-16(5)17-10-13(2)19(14(3)11-17)22-9-7-8-18-12-15(4)20-24-18/h10-12H,6-9H2,1-5H3. The third-order valence-corrected chi connectivity index (χ3v) is 3.70. The van der Waals surface area contributed by atoms with Gasteiger partial charge >= 0.3 is 0 Å². The Morgan fingerprint density at radius 1 is 1.17 bits per heavy atom. The third kappa shape index (κ3) is 4.85. The Hall–Kier alpha value is -2.30. The minimum absolute atomic E-state index is 0.571. The first-order valence-corrected chi connectivity index (χ1v) is 8.34. The SMILES string of the molecule is CCON=C(C)c1cc(C)c(OCCCc2cc(C)no2)c(C)c1. The molecule has 0 spiro atoms. The minimum atomic E-state index is 0.571. The molecule has 0 fully saturated rings. The lowest BCUT2D eigenvalue weighted by Gasteiger charge is -2.14. The molecule has 0 unspecified atom stereocenters. The van der Waals surface area contributed by atoms with Crippen molar-refractivity contribution in [3.05, 3.63) is 46.3 Å². The molecule has 0 radical (unpaired) electrons. The number of hydrogen-bond acceptors (Lipinski definition) is 5. The fourth-order valence-electron chi connectivity index (χ4n) is 2.56. The van der Waals surface area contributed by atoms with Crippen molar-refractivity contribution in [3.8, 4) is 5.75 Å². The van der Waals surface area contributed by atoms with Gasteiger partial charge in [0.1, 0.15) is 18.1 Å². The number of hydrogen-bond donors (Lipinski definition) is 0. The van der Waals surface area contributed by atoms with Gasteiger partial charge in [-0.1, -0.05) is 10.3 Å². The second-order valence-electron chi connectivity index (χ2n) is 5.92. The second-order valence-corrected chi connectivity index (χ2v) is 5.92. The molecule has 1 aromatic carbocycles. The fourth-order valence-corrected chi connectivity index (χ4v) is 2.56. The van der Waals surface area contributed by atoms with Crippen LogP contribution in [0.4, 0.5) is 0 Å². The fraction of sp³-hybridized carbons (Fsp3) is 0.474. The summed E-state index contributed by atoms with van der Waals surface area (Å²) in [5.74, 6) is 1.85. The first kappa shape index (κ1) is 18.0. The van der Waals surface area contributed by atoms with Gasteiger partial charge in [-0.25, -0.2) is 0 Å². The lowest BCUT2D eigenvalue weighted by atomic mass is 10.0. The van der Waals surface area contributed by atoms with E-state index in [1.165, 1.54) is 0 Å². The highest BCUT2D eigenvalue weighted by atomic mass is 16.6. The van der Waals surface area contributed by atoms with Crippen LogP contribution in [-0.4, -0.2) is 24.1 Å². The molecule has 0 aliphatic rings. The van der Waals surface area contributed by atoms with Gasteiger partial charge in [0.2, 0.25) is 0 Å². The average molecular weight is 330 g/mol. The van der Waals surface area contributed by atoms with Crippen LogP contribution in [0, 0.1) is 20.8 Å². The molecule has 0 N–H and O–H groups in total. The van der Waals surface area contributed by atoms with Gasteiger partial charge in [0.25, 0.3) is 0 Å². The maximum Gasteiger partial charge on any atom is 0.137 e. The molecule has 0 aliphatic carbocycles. The summed E-state index contributed by atoms with van der Waals surface area (Å²) in [5.41, 5.74) is 5.05. The van der Waals surface area contributed by atoms with Crippen molar-refractivity contribution in [3.63, 3.8) is 0 Å². The molecule has 0 aliphatic heterocycles. The summed E-state index contributed by atoms with van der Waals surface area (Å²) in [6, 6.07) is 6.13. The number of rotatable bonds is 8. The Morgan fingerprint density at radius 2 is 1.88 bits per heavy atom. The van der Waals surface area contributed by atoms with E-state index in [1.54, 1.807) is 0 Å². The zero-order valence-corrected chi connectivity index (χ0v) is 15.2. The van der Waals surface area contributed by atoms with Crippen molar-refractivity contribution in [2.45, 2.75) is 47.5 Å². The average Bonchev–Trinajstić information content (AvgIpc) is 2.96. The van der Waals surface area contributed by atoms with Crippen molar-refractivity contribution >= 4 is 5.71 Å². The molecule has 0 amide bonds. The summed E-state index contributed by atoms with van der Waals surface area (Å²) in [7, 11) is 0. The van der Waals surface area contributed by atoms with Gasteiger partial charge in [-0.3, -0.25) is 0 Å². The van der Waals surface area contributed by atoms with Crippen molar-refractivity contribution in [2.75, 3.05) is 13.2 Å². The molecule has 0 atom stereocenters. The highest BCUT2D eigenvalue weighted by molar-refractivity contribution is 5.98. The molecule has 5 nitrogen and oxygen atoms in total. The normalized spacial score (nSPS) is 11.6. The van der Waals surface area contributed by atoms with E-state index < -0.39 is 0 Å². The quantitative estimate of drug-likeness (QED) is 0.410. The predicted octanol–water partition coefficient (Wildman–Crippen LogP) is 4.37. The minimum Gasteiger partial charge on any atom is -0.493 e. The number of ether oxygens (including phenoxy) is 1. The van der Waals surface area contributed by atoms with Crippen molar-refractivity contribution in [1.29, 1.82) is 0 Å². The topological polar surface area (TPSA) is 56.9 Å². The van der Waals surface area contributed by atoms with Gasteiger partial charge in [-0.2, -0.15) is 0 Å². The third-order valence-electron chi connectivity index (χ3n) is 3.70. The van der Waals surface area contributed by atoms with E-state index in [0.717, 1.165) is 52.4 Å². The summed E-state index contributed by atoms with van der Waals surface area (Å²) in [6.07, 6.45) is 1.72. The molecule has 5 heteroatoms. The zero-order chi connectivity index (χ0) is 17.5. The molecule has 0 saturated heterocycles. The first-order valence-electron chi connectivity index (χ1n) is 8.34. The molecule has 0 saturated carbocycles. The van der Waals surface area contributed by atoms with Crippen LogP contribution >= 0.6 is 0 Å². The predicted molar refractivity (Wildman–Crippen MR) is 94.8 cm³/mol. The molecular formula is C19H26N2O3. The molecule has 130 valence electrons. The Labute approximate surface area is 143 Å². The van der Waals surface area contributed by atoms with E-state index in [2.05, 4.69) is 36.3 Å². The van der Waals surface area contributed by atoms with Crippen LogP contribution in [0.15, 0.2) is 27.9 Å². The van der Waals surface area contributed by atoms with Crippen LogP contribution in [0.2, 0.25) is 0 Å². The van der Waals surface area contributed by atoms with E-state index in [0.29, 0.717) is 13.2 Å². The monoisotopic (exact) mass is 330 g/mol. The van der Waals surface area contributed by atoms with E-state index in [9.17, 15) is 0 Å². The Balaban J connectivity index is 1.95. The lowest BCUT2D eigenvalue weighted by Crippen LogP contribution is -2.04. The van der Waals surface area contributed by atoms with Crippen molar-refractivity contribution < 1.29 is 14.1 Å². The number of aryl methyl sites for hydroxylation is 4. The van der Waals surface area contributed by atoms with Gasteiger partial charge in [-0.15, -0.1) is 0 Å².